The minimum Gasteiger partial charge on any atom is -0.383 e. The van der Waals surface area contributed by atoms with Crippen LogP contribution in [0, 0.1) is 5.41 Å². The zero-order valence-electron chi connectivity index (χ0n) is 8.05. The molecule has 3 heteroatoms. The fourth-order valence-electron chi connectivity index (χ4n) is 2.63. The van der Waals surface area contributed by atoms with Gasteiger partial charge in [-0.15, -0.1) is 0 Å². The van der Waals surface area contributed by atoms with Crippen LogP contribution in [0.5, 0.6) is 0 Å². The number of nitrogens with zero attached hydrogens (tertiary/aromatic N) is 1. The van der Waals surface area contributed by atoms with E-state index in [-0.39, 0.29) is 5.41 Å². The highest BCUT2D eigenvalue weighted by molar-refractivity contribution is 6.29. The average Bonchev–Trinajstić information content (AvgIpc) is 2.85. The van der Waals surface area contributed by atoms with Crippen LogP contribution >= 0.6 is 11.6 Å². The van der Waals surface area contributed by atoms with Crippen molar-refractivity contribution in [3.63, 3.8) is 0 Å². The lowest BCUT2D eigenvalue weighted by atomic mass is 9.88. The van der Waals surface area contributed by atoms with Gasteiger partial charge in [0.2, 0.25) is 0 Å². The largest absolute Gasteiger partial charge is 0.383 e. The van der Waals surface area contributed by atoms with Gasteiger partial charge in [-0.25, -0.2) is 4.98 Å². The van der Waals surface area contributed by atoms with Crippen molar-refractivity contribution in [1.82, 2.24) is 4.98 Å². The number of halogens is 1. The number of aliphatic hydroxyl groups is 1. The highest BCUT2D eigenvalue weighted by Gasteiger charge is 2.62. The molecule has 0 radical (unpaired) electrons. The highest BCUT2D eigenvalue weighted by atomic mass is 35.5. The minimum absolute atomic E-state index is 0.0764. The number of hydrogen-bond donors (Lipinski definition) is 1. The molecule has 0 aromatic carbocycles. The Hall–Kier alpha value is -0.600. The van der Waals surface area contributed by atoms with Crippen LogP contribution in [0.3, 0.4) is 0 Å². The molecule has 1 fully saturated rings. The van der Waals surface area contributed by atoms with E-state index in [1.165, 1.54) is 0 Å². The van der Waals surface area contributed by atoms with Gasteiger partial charge in [0.1, 0.15) is 10.8 Å². The van der Waals surface area contributed by atoms with E-state index in [1.54, 1.807) is 6.07 Å². The molecule has 1 heterocycles. The lowest BCUT2D eigenvalue weighted by molar-refractivity contribution is -0.0101. The highest BCUT2D eigenvalue weighted by Crippen LogP contribution is 2.64. The second-order valence-electron chi connectivity index (χ2n) is 4.67. The molecule has 1 atom stereocenters. The fourth-order valence-corrected chi connectivity index (χ4v) is 2.78. The van der Waals surface area contributed by atoms with E-state index in [2.05, 4.69) is 4.98 Å². The molecule has 14 heavy (non-hydrogen) atoms. The Kier molecular flexibility index (Phi) is 1.43. The van der Waals surface area contributed by atoms with Gasteiger partial charge < -0.3 is 5.11 Å². The summed E-state index contributed by atoms with van der Waals surface area (Å²) in [5.41, 5.74) is 1.26. The number of aromatic nitrogens is 1. The predicted molar refractivity (Wildman–Crippen MR) is 54.2 cm³/mol. The van der Waals surface area contributed by atoms with Gasteiger partial charge in [0, 0.05) is 5.41 Å². The molecule has 2 aliphatic carbocycles. The predicted octanol–water partition coefficient (Wildman–Crippen LogP) is 2.28. The maximum Gasteiger partial charge on any atom is 0.129 e. The molecule has 1 saturated carbocycles. The van der Waals surface area contributed by atoms with Gasteiger partial charge in [-0.2, -0.15) is 0 Å². The van der Waals surface area contributed by atoms with E-state index in [0.717, 1.165) is 30.5 Å². The van der Waals surface area contributed by atoms with Crippen LogP contribution in [0.4, 0.5) is 0 Å². The van der Waals surface area contributed by atoms with Gasteiger partial charge in [-0.05, 0) is 37.8 Å². The summed E-state index contributed by atoms with van der Waals surface area (Å²) in [6.07, 6.45) is 3.17. The molecule has 2 nitrogen and oxygen atoms in total. The van der Waals surface area contributed by atoms with Crippen LogP contribution in [0.2, 0.25) is 5.15 Å². The third-order valence-corrected chi connectivity index (χ3v) is 4.03. The first-order valence-corrected chi connectivity index (χ1v) is 5.31. The van der Waals surface area contributed by atoms with Crippen LogP contribution in [-0.4, -0.2) is 10.1 Å². The van der Waals surface area contributed by atoms with Crippen LogP contribution in [0.1, 0.15) is 31.0 Å². The molecule has 0 saturated heterocycles. The molecule has 0 bridgehead atoms. The SMILES string of the molecule is CC1(O)c2nc(Cl)ccc2CC12CC2. The Bertz CT molecular complexity index is 410. The molecule has 74 valence electrons. The Labute approximate surface area is 87.9 Å². The minimum atomic E-state index is -0.771. The third-order valence-electron chi connectivity index (χ3n) is 3.82. The maximum atomic E-state index is 10.4. The van der Waals surface area contributed by atoms with Crippen molar-refractivity contribution in [2.24, 2.45) is 5.41 Å². The van der Waals surface area contributed by atoms with Crippen LogP contribution in [0.25, 0.3) is 0 Å². The lowest BCUT2D eigenvalue weighted by Gasteiger charge is -2.25. The van der Waals surface area contributed by atoms with Gasteiger partial charge in [0.15, 0.2) is 0 Å². The maximum absolute atomic E-state index is 10.4. The summed E-state index contributed by atoms with van der Waals surface area (Å²) >= 11 is 5.84. The molecule has 1 N–H and O–H groups in total. The van der Waals surface area contributed by atoms with Crippen molar-refractivity contribution in [2.75, 3.05) is 0 Å². The van der Waals surface area contributed by atoms with Crippen LogP contribution in [-0.2, 0) is 12.0 Å². The summed E-state index contributed by atoms with van der Waals surface area (Å²) in [7, 11) is 0. The normalized spacial score (nSPS) is 31.9. The summed E-state index contributed by atoms with van der Waals surface area (Å²) in [6.45, 7) is 1.87. The van der Waals surface area contributed by atoms with Gasteiger partial charge in [0.25, 0.3) is 0 Å². The Morgan fingerprint density at radius 1 is 1.43 bits per heavy atom. The summed E-state index contributed by atoms with van der Waals surface area (Å²) in [5.74, 6) is 0. The van der Waals surface area contributed by atoms with Crippen molar-refractivity contribution in [2.45, 2.75) is 31.8 Å². The van der Waals surface area contributed by atoms with Crippen molar-refractivity contribution in [3.8, 4) is 0 Å². The smallest absolute Gasteiger partial charge is 0.129 e. The van der Waals surface area contributed by atoms with Crippen molar-refractivity contribution < 1.29 is 5.11 Å². The molecule has 0 amide bonds. The number of hydrogen-bond acceptors (Lipinski definition) is 2. The Morgan fingerprint density at radius 2 is 2.14 bits per heavy atom. The Morgan fingerprint density at radius 3 is 2.79 bits per heavy atom. The standard InChI is InChI=1S/C11H12ClNO/c1-10(14)9-7(2-3-8(12)13-9)6-11(10)4-5-11/h2-3,14H,4-6H2,1H3. The second kappa shape index (κ2) is 2.31. The van der Waals surface area contributed by atoms with E-state index >= 15 is 0 Å². The monoisotopic (exact) mass is 209 g/mol. The van der Waals surface area contributed by atoms with Crippen molar-refractivity contribution in [1.29, 1.82) is 0 Å². The molecule has 1 aromatic heterocycles. The third kappa shape index (κ3) is 0.882. The molecular formula is C11H12ClNO. The molecule has 1 spiro atoms. The number of pyridine rings is 1. The summed E-state index contributed by atoms with van der Waals surface area (Å²) in [5, 5.41) is 10.9. The molecular weight excluding hydrogens is 198 g/mol. The van der Waals surface area contributed by atoms with E-state index in [1.807, 2.05) is 13.0 Å². The van der Waals surface area contributed by atoms with Gasteiger partial charge in [-0.3, -0.25) is 0 Å². The van der Waals surface area contributed by atoms with E-state index in [4.69, 9.17) is 11.6 Å². The molecule has 3 rings (SSSR count). The van der Waals surface area contributed by atoms with Crippen molar-refractivity contribution in [3.05, 3.63) is 28.5 Å². The van der Waals surface area contributed by atoms with E-state index in [9.17, 15) is 5.11 Å². The van der Waals surface area contributed by atoms with Crippen LogP contribution < -0.4 is 0 Å². The van der Waals surface area contributed by atoms with Crippen molar-refractivity contribution >= 4 is 11.6 Å². The fraction of sp³-hybridized carbons (Fsp3) is 0.545. The molecule has 2 aliphatic rings. The molecule has 1 aromatic rings. The average molecular weight is 210 g/mol. The van der Waals surface area contributed by atoms with E-state index < -0.39 is 5.60 Å². The number of fused-ring (bicyclic) bond motifs is 1. The quantitative estimate of drug-likeness (QED) is 0.665. The first-order chi connectivity index (χ1) is 6.55. The zero-order chi connectivity index (χ0) is 9.97. The first-order valence-electron chi connectivity index (χ1n) is 4.93. The van der Waals surface area contributed by atoms with Gasteiger partial charge in [0.05, 0.1) is 5.69 Å². The molecule has 0 aliphatic heterocycles. The molecule has 1 unspecified atom stereocenters. The van der Waals surface area contributed by atoms with Gasteiger partial charge in [-0.1, -0.05) is 17.7 Å². The lowest BCUT2D eigenvalue weighted by Crippen LogP contribution is -2.29. The Balaban J connectivity index is 2.20. The van der Waals surface area contributed by atoms with Crippen LogP contribution in [0.15, 0.2) is 12.1 Å². The summed E-state index contributed by atoms with van der Waals surface area (Å²) in [4.78, 5) is 4.26. The zero-order valence-corrected chi connectivity index (χ0v) is 8.80. The van der Waals surface area contributed by atoms with E-state index in [0.29, 0.717) is 5.15 Å². The number of rotatable bonds is 0. The summed E-state index contributed by atoms with van der Waals surface area (Å²) < 4.78 is 0. The second-order valence-corrected chi connectivity index (χ2v) is 5.06. The topological polar surface area (TPSA) is 33.1 Å². The summed E-state index contributed by atoms with van der Waals surface area (Å²) in [6, 6.07) is 3.80. The first kappa shape index (κ1) is 8.69. The van der Waals surface area contributed by atoms with Gasteiger partial charge >= 0.3 is 0 Å².